The van der Waals surface area contributed by atoms with Crippen LogP contribution in [0.3, 0.4) is 0 Å². The van der Waals surface area contributed by atoms with Crippen LogP contribution in [0.2, 0.25) is 0 Å². The van der Waals surface area contributed by atoms with E-state index in [9.17, 15) is 13.2 Å². The summed E-state index contributed by atoms with van der Waals surface area (Å²) in [6.07, 6.45) is 1.94. The summed E-state index contributed by atoms with van der Waals surface area (Å²) in [6.45, 7) is 0. The molecule has 28 heavy (non-hydrogen) atoms. The number of methoxy groups -OCH3 is 1. The predicted octanol–water partition coefficient (Wildman–Crippen LogP) is 3.11. The van der Waals surface area contributed by atoms with Crippen molar-refractivity contribution in [3.63, 3.8) is 0 Å². The van der Waals surface area contributed by atoms with Crippen molar-refractivity contribution < 1.29 is 17.9 Å². The first-order valence-corrected chi connectivity index (χ1v) is 10.4. The van der Waals surface area contributed by atoms with E-state index in [4.69, 9.17) is 4.74 Å². The Bertz CT molecular complexity index is 1190. The molecular formula is C21H20N2O4S. The molecular weight excluding hydrogens is 376 g/mol. The van der Waals surface area contributed by atoms with Crippen LogP contribution in [-0.4, -0.2) is 28.5 Å². The van der Waals surface area contributed by atoms with E-state index in [0.717, 1.165) is 23.6 Å². The maximum Gasteiger partial charge on any atom is 0.261 e. The van der Waals surface area contributed by atoms with E-state index >= 15 is 0 Å². The molecule has 0 aromatic heterocycles. The van der Waals surface area contributed by atoms with Crippen LogP contribution in [0.1, 0.15) is 21.5 Å². The predicted molar refractivity (Wildman–Crippen MR) is 109 cm³/mol. The van der Waals surface area contributed by atoms with Gasteiger partial charge in [-0.2, -0.15) is 0 Å². The van der Waals surface area contributed by atoms with Gasteiger partial charge in [0.25, 0.3) is 15.9 Å². The van der Waals surface area contributed by atoms with Crippen LogP contribution in [-0.2, 0) is 22.9 Å². The Hall–Kier alpha value is -3.06. The lowest BCUT2D eigenvalue weighted by Crippen LogP contribution is -2.20. The van der Waals surface area contributed by atoms with E-state index in [2.05, 4.69) is 16.1 Å². The molecule has 0 radical (unpaired) electrons. The number of carbonyl (C=O) groups excluding carboxylic acids is 1. The number of carbonyl (C=O) groups is 1. The Kier molecular flexibility index (Phi) is 4.47. The topological polar surface area (TPSA) is 84.5 Å². The summed E-state index contributed by atoms with van der Waals surface area (Å²) >= 11 is 0. The SMILES string of the molecule is CNC(=O)c1cc(S(=O)(=O)Nc2ccc3c4c(cccc24)CC3)ccc1OC. The van der Waals surface area contributed by atoms with Crippen LogP contribution in [0.5, 0.6) is 5.75 Å². The zero-order chi connectivity index (χ0) is 19.9. The summed E-state index contributed by atoms with van der Waals surface area (Å²) in [5.41, 5.74) is 3.16. The second-order valence-corrected chi connectivity index (χ2v) is 8.34. The van der Waals surface area contributed by atoms with E-state index in [-0.39, 0.29) is 10.5 Å². The fourth-order valence-corrected chi connectivity index (χ4v) is 4.81. The Balaban J connectivity index is 1.77. The maximum absolute atomic E-state index is 13.0. The van der Waals surface area contributed by atoms with E-state index in [1.165, 1.54) is 43.5 Å². The van der Waals surface area contributed by atoms with Crippen molar-refractivity contribution in [2.75, 3.05) is 18.9 Å². The molecule has 0 saturated heterocycles. The van der Waals surface area contributed by atoms with Gasteiger partial charge >= 0.3 is 0 Å². The minimum absolute atomic E-state index is 0.00449. The molecule has 0 spiro atoms. The highest BCUT2D eigenvalue weighted by Gasteiger charge is 2.22. The molecule has 0 saturated carbocycles. The molecule has 4 rings (SSSR count). The smallest absolute Gasteiger partial charge is 0.261 e. The van der Waals surface area contributed by atoms with Gasteiger partial charge in [-0.05, 0) is 53.6 Å². The lowest BCUT2D eigenvalue weighted by Gasteiger charge is -2.14. The first-order chi connectivity index (χ1) is 13.4. The fraction of sp³-hybridized carbons (Fsp3) is 0.190. The molecule has 1 amide bonds. The van der Waals surface area contributed by atoms with Crippen molar-refractivity contribution in [1.82, 2.24) is 5.32 Å². The highest BCUT2D eigenvalue weighted by atomic mass is 32.2. The van der Waals surface area contributed by atoms with Gasteiger partial charge in [-0.3, -0.25) is 9.52 Å². The molecule has 0 atom stereocenters. The van der Waals surface area contributed by atoms with Crippen LogP contribution in [0, 0.1) is 0 Å². The van der Waals surface area contributed by atoms with Gasteiger partial charge in [0.1, 0.15) is 5.75 Å². The molecule has 0 aliphatic heterocycles. The molecule has 0 bridgehead atoms. The van der Waals surface area contributed by atoms with Gasteiger partial charge in [-0.25, -0.2) is 8.42 Å². The Morgan fingerprint density at radius 2 is 1.79 bits per heavy atom. The normalized spacial score (nSPS) is 12.8. The van der Waals surface area contributed by atoms with Crippen LogP contribution < -0.4 is 14.8 Å². The largest absolute Gasteiger partial charge is 0.496 e. The first kappa shape index (κ1) is 18.3. The molecule has 3 aromatic carbocycles. The third-order valence-electron chi connectivity index (χ3n) is 5.07. The number of nitrogens with one attached hydrogen (secondary N) is 2. The first-order valence-electron chi connectivity index (χ1n) is 8.91. The average molecular weight is 396 g/mol. The summed E-state index contributed by atoms with van der Waals surface area (Å²) < 4.78 is 33.9. The third-order valence-corrected chi connectivity index (χ3v) is 6.44. The lowest BCUT2D eigenvalue weighted by molar-refractivity contribution is 0.0960. The maximum atomic E-state index is 13.0. The van der Waals surface area contributed by atoms with Crippen molar-refractivity contribution in [1.29, 1.82) is 0 Å². The van der Waals surface area contributed by atoms with E-state index in [0.29, 0.717) is 11.4 Å². The van der Waals surface area contributed by atoms with Crippen molar-refractivity contribution in [3.05, 3.63) is 65.2 Å². The van der Waals surface area contributed by atoms with Crippen molar-refractivity contribution in [2.45, 2.75) is 17.7 Å². The summed E-state index contributed by atoms with van der Waals surface area (Å²) in [5, 5.41) is 4.51. The highest BCUT2D eigenvalue weighted by Crippen LogP contribution is 2.36. The summed E-state index contributed by atoms with van der Waals surface area (Å²) in [7, 11) is -0.973. The zero-order valence-corrected chi connectivity index (χ0v) is 16.4. The minimum Gasteiger partial charge on any atom is -0.496 e. The third kappa shape index (κ3) is 2.97. The molecule has 2 N–H and O–H groups in total. The molecule has 6 nitrogen and oxygen atoms in total. The second-order valence-electron chi connectivity index (χ2n) is 6.66. The zero-order valence-electron chi connectivity index (χ0n) is 15.6. The average Bonchev–Trinajstić information content (AvgIpc) is 3.13. The van der Waals surface area contributed by atoms with Gasteiger partial charge in [0.15, 0.2) is 0 Å². The number of hydrogen-bond acceptors (Lipinski definition) is 4. The molecule has 0 unspecified atom stereocenters. The summed E-state index contributed by atoms with van der Waals surface area (Å²) in [5.74, 6) is -0.108. The Morgan fingerprint density at radius 1 is 1.04 bits per heavy atom. The molecule has 1 aliphatic rings. The second kappa shape index (κ2) is 6.83. The standard InChI is InChI=1S/C21H20N2O4S/c1-22-21(24)17-12-15(9-11-19(17)27-2)28(25,26)23-18-10-8-14-7-6-13-4-3-5-16(18)20(13)14/h3-5,8-12,23H,6-7H2,1-2H3,(H,22,24). The molecule has 1 aliphatic carbocycles. The monoisotopic (exact) mass is 396 g/mol. The minimum atomic E-state index is -3.88. The van der Waals surface area contributed by atoms with Crippen LogP contribution in [0.15, 0.2) is 53.4 Å². The van der Waals surface area contributed by atoms with Gasteiger partial charge in [0, 0.05) is 12.4 Å². The van der Waals surface area contributed by atoms with Gasteiger partial charge < -0.3 is 10.1 Å². The number of benzene rings is 3. The van der Waals surface area contributed by atoms with Gasteiger partial charge in [-0.1, -0.05) is 24.3 Å². The van der Waals surface area contributed by atoms with Gasteiger partial charge in [0.05, 0.1) is 23.3 Å². The number of aryl methyl sites for hydroxylation is 2. The number of anilines is 1. The molecule has 144 valence electrons. The van der Waals surface area contributed by atoms with Crippen LogP contribution in [0.4, 0.5) is 5.69 Å². The fourth-order valence-electron chi connectivity index (χ4n) is 3.71. The van der Waals surface area contributed by atoms with E-state index in [1.54, 1.807) is 6.07 Å². The van der Waals surface area contributed by atoms with Crippen molar-refractivity contribution in [2.24, 2.45) is 0 Å². The summed E-state index contributed by atoms with van der Waals surface area (Å²) in [6, 6.07) is 13.9. The van der Waals surface area contributed by atoms with Crippen molar-refractivity contribution in [3.8, 4) is 5.75 Å². The number of sulfonamides is 1. The highest BCUT2D eigenvalue weighted by molar-refractivity contribution is 7.92. The van der Waals surface area contributed by atoms with E-state index in [1.807, 2.05) is 18.2 Å². The lowest BCUT2D eigenvalue weighted by atomic mass is 10.0. The van der Waals surface area contributed by atoms with Crippen LogP contribution in [0.25, 0.3) is 10.8 Å². The molecule has 0 fully saturated rings. The quantitative estimate of drug-likeness (QED) is 0.694. The number of amides is 1. The Morgan fingerprint density at radius 3 is 2.50 bits per heavy atom. The van der Waals surface area contributed by atoms with Crippen molar-refractivity contribution >= 4 is 32.4 Å². The molecule has 7 heteroatoms. The number of hydrogen-bond donors (Lipinski definition) is 2. The Labute approximate surface area is 163 Å². The molecule has 0 heterocycles. The number of ether oxygens (including phenoxy) is 1. The van der Waals surface area contributed by atoms with E-state index < -0.39 is 15.9 Å². The van der Waals surface area contributed by atoms with Gasteiger partial charge in [-0.15, -0.1) is 0 Å². The number of rotatable bonds is 5. The van der Waals surface area contributed by atoms with Crippen LogP contribution >= 0.6 is 0 Å². The summed E-state index contributed by atoms with van der Waals surface area (Å²) in [4.78, 5) is 12.1. The molecule has 3 aromatic rings. The van der Waals surface area contributed by atoms with Gasteiger partial charge in [0.2, 0.25) is 0 Å².